The van der Waals surface area contributed by atoms with Crippen LogP contribution in [0.5, 0.6) is 5.75 Å². The monoisotopic (exact) mass is 349 g/mol. The van der Waals surface area contributed by atoms with E-state index in [0.717, 1.165) is 38.0 Å². The van der Waals surface area contributed by atoms with Crippen LogP contribution in [0, 0.1) is 0 Å². The fraction of sp³-hybridized carbons (Fsp3) is 0.714. The predicted octanol–water partition coefficient (Wildman–Crippen LogP) is 3.53. The zero-order valence-corrected chi connectivity index (χ0v) is 15.7. The summed E-state index contributed by atoms with van der Waals surface area (Å²) in [6.45, 7) is 2.64. The van der Waals surface area contributed by atoms with Crippen molar-refractivity contribution in [2.45, 2.75) is 76.2 Å². The molecule has 0 saturated carbocycles. The van der Waals surface area contributed by atoms with Gasteiger partial charge in [0, 0.05) is 0 Å². The summed E-state index contributed by atoms with van der Waals surface area (Å²) >= 11 is 0. The smallest absolute Gasteiger partial charge is 0.119 e. The maximum absolute atomic E-state index is 9.48. The van der Waals surface area contributed by atoms with E-state index in [4.69, 9.17) is 10.5 Å². The molecule has 0 spiro atoms. The molecule has 1 atom stereocenters. The topological polar surface area (TPSA) is 75.7 Å². The van der Waals surface area contributed by atoms with E-state index in [1.807, 2.05) is 0 Å². The van der Waals surface area contributed by atoms with Crippen molar-refractivity contribution in [2.24, 2.45) is 5.73 Å². The fourth-order valence-electron chi connectivity index (χ4n) is 3.76. The number of nitrogens with two attached hydrogens (primary N) is 1. The molecule has 0 bridgehead atoms. The number of ether oxygens (including phenoxy) is 1. The molecule has 0 radical (unpaired) electrons. The third-order valence-corrected chi connectivity index (χ3v) is 5.35. The van der Waals surface area contributed by atoms with E-state index >= 15 is 0 Å². The standard InChI is InChI=1S/C21H35NO3/c1-2-3-4-5-6-12-25-19-10-11-20-17(13-19)8-7-9-18(20)14-21(22,15-23)16-24/h10-11,13,18,23-24H,2-9,12,14-16,22H2,1H3/t18-/m0/s1. The SMILES string of the molecule is CCCCCCCOc1ccc2c(c1)CCC[C@H]2CC(N)(CO)CO. The molecule has 1 aliphatic carbocycles. The number of aliphatic hydroxyl groups is 2. The first kappa shape index (κ1) is 20.2. The zero-order valence-electron chi connectivity index (χ0n) is 15.7. The van der Waals surface area contributed by atoms with E-state index in [1.165, 1.54) is 36.8 Å². The summed E-state index contributed by atoms with van der Waals surface area (Å²) in [5.41, 5.74) is 7.84. The van der Waals surface area contributed by atoms with Crippen molar-refractivity contribution in [1.82, 2.24) is 0 Å². The molecule has 1 aliphatic rings. The number of aryl methyl sites for hydroxylation is 1. The number of hydrogen-bond acceptors (Lipinski definition) is 4. The minimum atomic E-state index is -0.896. The van der Waals surface area contributed by atoms with Gasteiger partial charge in [0.25, 0.3) is 0 Å². The van der Waals surface area contributed by atoms with Gasteiger partial charge in [-0.25, -0.2) is 0 Å². The molecule has 4 heteroatoms. The Hall–Kier alpha value is -1.10. The highest BCUT2D eigenvalue weighted by molar-refractivity contribution is 5.39. The van der Waals surface area contributed by atoms with Crippen molar-refractivity contribution in [3.8, 4) is 5.75 Å². The summed E-state index contributed by atoms with van der Waals surface area (Å²) in [7, 11) is 0. The lowest BCUT2D eigenvalue weighted by Gasteiger charge is -2.33. The highest BCUT2D eigenvalue weighted by Gasteiger charge is 2.31. The van der Waals surface area contributed by atoms with Gasteiger partial charge in [0.15, 0.2) is 0 Å². The van der Waals surface area contributed by atoms with E-state index in [1.54, 1.807) is 0 Å². The average molecular weight is 350 g/mol. The molecule has 0 amide bonds. The molecule has 1 aromatic rings. The number of hydrogen-bond donors (Lipinski definition) is 3. The van der Waals surface area contributed by atoms with E-state index in [0.29, 0.717) is 12.3 Å². The molecule has 0 aliphatic heterocycles. The van der Waals surface area contributed by atoms with Gasteiger partial charge in [-0.1, -0.05) is 38.7 Å². The molecule has 0 unspecified atom stereocenters. The number of benzene rings is 1. The molecule has 25 heavy (non-hydrogen) atoms. The van der Waals surface area contributed by atoms with Crippen LogP contribution in [0.25, 0.3) is 0 Å². The van der Waals surface area contributed by atoms with E-state index in [2.05, 4.69) is 25.1 Å². The van der Waals surface area contributed by atoms with Crippen LogP contribution < -0.4 is 10.5 Å². The van der Waals surface area contributed by atoms with Crippen LogP contribution in [0.3, 0.4) is 0 Å². The van der Waals surface area contributed by atoms with Gasteiger partial charge in [-0.2, -0.15) is 0 Å². The Balaban J connectivity index is 1.92. The van der Waals surface area contributed by atoms with Gasteiger partial charge in [-0.3, -0.25) is 0 Å². The predicted molar refractivity (Wildman–Crippen MR) is 102 cm³/mol. The summed E-state index contributed by atoms with van der Waals surface area (Å²) in [5, 5.41) is 19.0. The maximum atomic E-state index is 9.48. The molecule has 0 heterocycles. The van der Waals surface area contributed by atoms with Crippen LogP contribution in [0.15, 0.2) is 18.2 Å². The second kappa shape index (κ2) is 10.1. The lowest BCUT2D eigenvalue weighted by atomic mass is 9.76. The van der Waals surface area contributed by atoms with E-state index in [-0.39, 0.29) is 13.2 Å². The van der Waals surface area contributed by atoms with Crippen molar-refractivity contribution >= 4 is 0 Å². The number of aliphatic hydroxyl groups excluding tert-OH is 2. The Morgan fingerprint density at radius 3 is 2.64 bits per heavy atom. The largest absolute Gasteiger partial charge is 0.494 e. The second-order valence-electron chi connectivity index (χ2n) is 7.60. The first-order valence-corrected chi connectivity index (χ1v) is 9.88. The molecule has 4 N–H and O–H groups in total. The number of rotatable bonds is 11. The van der Waals surface area contributed by atoms with Crippen molar-refractivity contribution in [3.63, 3.8) is 0 Å². The zero-order chi connectivity index (χ0) is 18.1. The third-order valence-electron chi connectivity index (χ3n) is 5.35. The molecular formula is C21H35NO3. The fourth-order valence-corrected chi connectivity index (χ4v) is 3.76. The van der Waals surface area contributed by atoms with Gasteiger partial charge in [-0.15, -0.1) is 0 Å². The van der Waals surface area contributed by atoms with Crippen LogP contribution in [0.1, 0.15) is 75.3 Å². The Morgan fingerprint density at radius 1 is 1.16 bits per heavy atom. The van der Waals surface area contributed by atoms with Crippen molar-refractivity contribution in [1.29, 1.82) is 0 Å². The quantitative estimate of drug-likeness (QED) is 0.534. The van der Waals surface area contributed by atoms with Gasteiger partial charge >= 0.3 is 0 Å². The minimum Gasteiger partial charge on any atom is -0.494 e. The Morgan fingerprint density at radius 2 is 1.92 bits per heavy atom. The molecule has 142 valence electrons. The van der Waals surface area contributed by atoms with Gasteiger partial charge in [0.1, 0.15) is 5.75 Å². The van der Waals surface area contributed by atoms with Gasteiger partial charge in [-0.05, 0) is 61.3 Å². The Bertz CT molecular complexity index is 514. The normalized spacial score (nSPS) is 17.4. The maximum Gasteiger partial charge on any atom is 0.119 e. The van der Waals surface area contributed by atoms with Gasteiger partial charge in [0.2, 0.25) is 0 Å². The summed E-state index contributed by atoms with van der Waals surface area (Å²) < 4.78 is 5.93. The first-order valence-electron chi connectivity index (χ1n) is 9.88. The lowest BCUT2D eigenvalue weighted by molar-refractivity contribution is 0.107. The number of fused-ring (bicyclic) bond motifs is 1. The highest BCUT2D eigenvalue weighted by Crippen LogP contribution is 2.38. The van der Waals surface area contributed by atoms with Crippen molar-refractivity contribution in [2.75, 3.05) is 19.8 Å². The van der Waals surface area contributed by atoms with Crippen molar-refractivity contribution in [3.05, 3.63) is 29.3 Å². The summed E-state index contributed by atoms with van der Waals surface area (Å²) in [6, 6.07) is 6.38. The summed E-state index contributed by atoms with van der Waals surface area (Å²) in [4.78, 5) is 0. The van der Waals surface area contributed by atoms with E-state index in [9.17, 15) is 10.2 Å². The second-order valence-corrected chi connectivity index (χ2v) is 7.60. The minimum absolute atomic E-state index is 0.186. The molecule has 0 fully saturated rings. The third kappa shape index (κ3) is 5.98. The molecule has 2 rings (SSSR count). The average Bonchev–Trinajstić information content (AvgIpc) is 2.64. The van der Waals surface area contributed by atoms with Crippen LogP contribution in [-0.2, 0) is 6.42 Å². The van der Waals surface area contributed by atoms with Gasteiger partial charge < -0.3 is 20.7 Å². The lowest BCUT2D eigenvalue weighted by Crippen LogP contribution is -2.48. The molecule has 4 nitrogen and oxygen atoms in total. The molecule has 0 aromatic heterocycles. The Kier molecular flexibility index (Phi) is 8.20. The highest BCUT2D eigenvalue weighted by atomic mass is 16.5. The van der Waals surface area contributed by atoms with E-state index < -0.39 is 5.54 Å². The van der Waals surface area contributed by atoms with Crippen molar-refractivity contribution < 1.29 is 14.9 Å². The first-order chi connectivity index (χ1) is 12.1. The van der Waals surface area contributed by atoms with Crippen LogP contribution in [-0.4, -0.2) is 35.6 Å². The number of unbranched alkanes of at least 4 members (excludes halogenated alkanes) is 4. The Labute approximate surface area is 152 Å². The van der Waals surface area contributed by atoms with Crippen LogP contribution >= 0.6 is 0 Å². The van der Waals surface area contributed by atoms with Crippen LogP contribution in [0.2, 0.25) is 0 Å². The summed E-state index contributed by atoms with van der Waals surface area (Å²) in [5.74, 6) is 1.26. The summed E-state index contributed by atoms with van der Waals surface area (Å²) in [6.07, 6.45) is 10.1. The molecular weight excluding hydrogens is 314 g/mol. The van der Waals surface area contributed by atoms with Crippen LogP contribution in [0.4, 0.5) is 0 Å². The van der Waals surface area contributed by atoms with Gasteiger partial charge in [0.05, 0.1) is 25.4 Å². The molecule has 0 saturated heterocycles. The molecule has 1 aromatic carbocycles.